The first kappa shape index (κ1) is 13.4. The Morgan fingerprint density at radius 2 is 1.55 bits per heavy atom. The topological polar surface area (TPSA) is 24.1 Å². The Balaban J connectivity index is 1.92. The molecule has 20 heavy (non-hydrogen) atoms. The van der Waals surface area contributed by atoms with Crippen molar-refractivity contribution >= 4 is 23.1 Å². The molecule has 0 saturated heterocycles. The van der Waals surface area contributed by atoms with Crippen LogP contribution in [0, 0.1) is 0 Å². The van der Waals surface area contributed by atoms with Crippen LogP contribution in [0.2, 0.25) is 0 Å². The van der Waals surface area contributed by atoms with Crippen molar-refractivity contribution in [2.24, 2.45) is 0 Å². The fraction of sp³-hybridized carbons (Fsp3) is 0.294. The van der Waals surface area contributed by atoms with Gasteiger partial charge in [-0.05, 0) is 55.7 Å². The molecule has 2 aromatic carbocycles. The third-order valence-corrected chi connectivity index (χ3v) is 4.68. The van der Waals surface area contributed by atoms with Gasteiger partial charge < -0.3 is 10.6 Å². The highest BCUT2D eigenvalue weighted by atomic mass is 32.2. The number of fused-ring (bicyclic) bond motifs is 2. The molecule has 0 unspecified atom stereocenters. The van der Waals surface area contributed by atoms with Crippen LogP contribution < -0.4 is 10.6 Å². The molecule has 3 rings (SSSR count). The van der Waals surface area contributed by atoms with Crippen molar-refractivity contribution in [3.05, 3.63) is 47.5 Å². The Kier molecular flexibility index (Phi) is 3.62. The van der Waals surface area contributed by atoms with E-state index in [4.69, 9.17) is 0 Å². The fourth-order valence-corrected chi connectivity index (χ4v) is 3.64. The Labute approximate surface area is 125 Å². The maximum Gasteiger partial charge on any atom is 0.0353 e. The van der Waals surface area contributed by atoms with Gasteiger partial charge in [-0.2, -0.15) is 0 Å². The molecule has 0 aromatic heterocycles. The minimum Gasteiger partial charge on any atom is -0.388 e. The zero-order chi connectivity index (χ0) is 14.1. The quantitative estimate of drug-likeness (QED) is 0.735. The number of hydrogen-bond acceptors (Lipinski definition) is 3. The van der Waals surface area contributed by atoms with Gasteiger partial charge in [-0.25, -0.2) is 0 Å². The lowest BCUT2D eigenvalue weighted by Crippen LogP contribution is -2.10. The summed E-state index contributed by atoms with van der Waals surface area (Å²) < 4.78 is 0. The highest BCUT2D eigenvalue weighted by Gasteiger charge is 2.16. The molecule has 2 aromatic rings. The third-order valence-electron chi connectivity index (χ3n) is 3.48. The molecule has 2 N–H and O–H groups in total. The minimum absolute atomic E-state index is 0.463. The molecule has 104 valence electrons. The average Bonchev–Trinajstić information content (AvgIpc) is 2.43. The normalized spacial score (nSPS) is 12.8. The predicted molar refractivity (Wildman–Crippen MR) is 88.1 cm³/mol. The molecule has 0 aliphatic carbocycles. The summed E-state index contributed by atoms with van der Waals surface area (Å²) in [6.07, 6.45) is 1.03. The van der Waals surface area contributed by atoms with Crippen LogP contribution in [0.3, 0.4) is 0 Å². The molecular formula is C17H20N2S. The molecule has 0 fully saturated rings. The second-order valence-corrected chi connectivity index (χ2v) is 6.56. The van der Waals surface area contributed by atoms with Crippen LogP contribution in [0.4, 0.5) is 11.4 Å². The van der Waals surface area contributed by atoms with E-state index in [-0.39, 0.29) is 0 Å². The van der Waals surface area contributed by atoms with E-state index in [0.29, 0.717) is 6.04 Å². The summed E-state index contributed by atoms with van der Waals surface area (Å²) in [6.45, 7) is 4.34. The Hall–Kier alpha value is -1.61. The van der Waals surface area contributed by atoms with E-state index >= 15 is 0 Å². The molecule has 0 amide bonds. The van der Waals surface area contributed by atoms with Crippen LogP contribution in [-0.2, 0) is 6.42 Å². The predicted octanol–water partition coefficient (Wildman–Crippen LogP) is 4.60. The lowest BCUT2D eigenvalue weighted by Gasteiger charge is -2.21. The van der Waals surface area contributed by atoms with Crippen molar-refractivity contribution in [1.82, 2.24) is 0 Å². The van der Waals surface area contributed by atoms with Gasteiger partial charge in [-0.3, -0.25) is 0 Å². The second-order valence-electron chi connectivity index (χ2n) is 5.47. The highest BCUT2D eigenvalue weighted by molar-refractivity contribution is 7.99. The first-order chi connectivity index (χ1) is 9.65. The minimum atomic E-state index is 0.463. The van der Waals surface area contributed by atoms with Gasteiger partial charge in [0.05, 0.1) is 0 Å². The van der Waals surface area contributed by atoms with Crippen LogP contribution in [0.5, 0.6) is 0 Å². The molecule has 2 nitrogen and oxygen atoms in total. The van der Waals surface area contributed by atoms with E-state index in [1.54, 1.807) is 0 Å². The number of rotatable bonds is 3. The maximum atomic E-state index is 3.48. The first-order valence-corrected chi connectivity index (χ1v) is 7.85. The third kappa shape index (κ3) is 2.63. The fourth-order valence-electron chi connectivity index (χ4n) is 2.49. The first-order valence-electron chi connectivity index (χ1n) is 7.03. The van der Waals surface area contributed by atoms with Crippen molar-refractivity contribution in [3.63, 3.8) is 0 Å². The van der Waals surface area contributed by atoms with Crippen LogP contribution in [0.1, 0.15) is 25.0 Å². The highest BCUT2D eigenvalue weighted by Crippen LogP contribution is 2.41. The Bertz CT molecular complexity index is 635. The SMILES string of the molecule is CNc1ccc2c(c1)Sc1cc(NC(C)C)ccc1C2. The summed E-state index contributed by atoms with van der Waals surface area (Å²) in [4.78, 5) is 2.74. The molecule has 0 saturated carbocycles. The van der Waals surface area contributed by atoms with Gasteiger partial charge in [0, 0.05) is 34.3 Å². The number of benzene rings is 2. The summed E-state index contributed by atoms with van der Waals surface area (Å²) in [5.41, 5.74) is 5.23. The zero-order valence-corrected chi connectivity index (χ0v) is 13.0. The smallest absolute Gasteiger partial charge is 0.0353 e. The van der Waals surface area contributed by atoms with Gasteiger partial charge in [-0.1, -0.05) is 23.9 Å². The van der Waals surface area contributed by atoms with E-state index in [2.05, 4.69) is 60.9 Å². The van der Waals surface area contributed by atoms with Gasteiger partial charge >= 0.3 is 0 Å². The summed E-state index contributed by atoms with van der Waals surface area (Å²) in [5, 5.41) is 6.69. The van der Waals surface area contributed by atoms with Gasteiger partial charge in [0.15, 0.2) is 0 Å². The van der Waals surface area contributed by atoms with Crippen LogP contribution in [0.15, 0.2) is 46.2 Å². The number of anilines is 2. The lowest BCUT2D eigenvalue weighted by atomic mass is 10.0. The summed E-state index contributed by atoms with van der Waals surface area (Å²) >= 11 is 1.87. The molecule has 0 bridgehead atoms. The van der Waals surface area contributed by atoms with Gasteiger partial charge in [-0.15, -0.1) is 0 Å². The summed E-state index contributed by atoms with van der Waals surface area (Å²) in [6, 6.07) is 13.8. The average molecular weight is 284 g/mol. The molecule has 1 aliphatic rings. The van der Waals surface area contributed by atoms with Gasteiger partial charge in [0.2, 0.25) is 0 Å². The van der Waals surface area contributed by atoms with Crippen LogP contribution in [0.25, 0.3) is 0 Å². The molecule has 0 radical (unpaired) electrons. The van der Waals surface area contributed by atoms with Crippen LogP contribution >= 0.6 is 11.8 Å². The number of hydrogen-bond donors (Lipinski definition) is 2. The molecule has 3 heteroatoms. The Morgan fingerprint density at radius 3 is 2.15 bits per heavy atom. The van der Waals surface area contributed by atoms with E-state index < -0.39 is 0 Å². The molecular weight excluding hydrogens is 264 g/mol. The monoisotopic (exact) mass is 284 g/mol. The van der Waals surface area contributed by atoms with Crippen molar-refractivity contribution in [2.45, 2.75) is 36.1 Å². The molecule has 0 spiro atoms. The van der Waals surface area contributed by atoms with Crippen molar-refractivity contribution in [1.29, 1.82) is 0 Å². The van der Waals surface area contributed by atoms with E-state index in [9.17, 15) is 0 Å². The largest absolute Gasteiger partial charge is 0.388 e. The maximum absolute atomic E-state index is 3.48. The van der Waals surface area contributed by atoms with E-state index in [0.717, 1.165) is 6.42 Å². The Morgan fingerprint density at radius 1 is 0.950 bits per heavy atom. The van der Waals surface area contributed by atoms with Gasteiger partial charge in [0.25, 0.3) is 0 Å². The van der Waals surface area contributed by atoms with E-state index in [1.807, 2.05) is 18.8 Å². The second kappa shape index (κ2) is 5.41. The van der Waals surface area contributed by atoms with Crippen molar-refractivity contribution in [2.75, 3.05) is 17.7 Å². The molecule has 1 heterocycles. The summed E-state index contributed by atoms with van der Waals surface area (Å²) in [5.74, 6) is 0. The van der Waals surface area contributed by atoms with E-state index in [1.165, 1.54) is 32.3 Å². The number of nitrogens with one attached hydrogen (secondary N) is 2. The van der Waals surface area contributed by atoms with Crippen LogP contribution in [-0.4, -0.2) is 13.1 Å². The van der Waals surface area contributed by atoms with Crippen molar-refractivity contribution in [3.8, 4) is 0 Å². The van der Waals surface area contributed by atoms with Gasteiger partial charge in [0.1, 0.15) is 0 Å². The summed E-state index contributed by atoms with van der Waals surface area (Å²) in [7, 11) is 1.97. The van der Waals surface area contributed by atoms with Crippen molar-refractivity contribution < 1.29 is 0 Å². The lowest BCUT2D eigenvalue weighted by molar-refractivity contribution is 0.897. The standard InChI is InChI=1S/C17H20N2S/c1-11(2)19-15-7-5-13-8-12-4-6-14(18-3)9-16(12)20-17(13)10-15/h4-7,9-11,18-19H,8H2,1-3H3. The molecule has 0 atom stereocenters. The molecule has 1 aliphatic heterocycles. The zero-order valence-electron chi connectivity index (χ0n) is 12.2.